The van der Waals surface area contributed by atoms with E-state index in [2.05, 4.69) is 0 Å². The number of nitrogens with two attached hydrogens (primary N) is 1. The zero-order chi connectivity index (χ0) is 12.4. The van der Waals surface area contributed by atoms with Crippen molar-refractivity contribution in [1.29, 1.82) is 0 Å². The van der Waals surface area contributed by atoms with Crippen LogP contribution in [0.3, 0.4) is 0 Å². The van der Waals surface area contributed by atoms with Crippen molar-refractivity contribution in [3.8, 4) is 5.75 Å². The molecule has 0 aliphatic heterocycles. The Morgan fingerprint density at radius 2 is 1.88 bits per heavy atom. The number of carbonyl (C=O) groups excluding carboxylic acids is 1. The maximum absolute atomic E-state index is 11.0. The first-order chi connectivity index (χ1) is 8.09. The average Bonchev–Trinajstić information content (AvgIpc) is 2.33. The molecule has 2 N–H and O–H groups in total. The molecule has 1 unspecified atom stereocenters. The molecule has 4 heteroatoms. The highest BCUT2D eigenvalue weighted by atomic mass is 35.5. The Hall–Kier alpha value is -1.74. The number of fused-ring (bicyclic) bond motifs is 1. The van der Waals surface area contributed by atoms with Crippen LogP contribution in [0.1, 0.15) is 6.92 Å². The highest BCUT2D eigenvalue weighted by Gasteiger charge is 2.12. The van der Waals surface area contributed by atoms with Crippen LogP contribution in [0.15, 0.2) is 36.4 Å². The van der Waals surface area contributed by atoms with E-state index in [9.17, 15) is 4.79 Å². The van der Waals surface area contributed by atoms with Gasteiger partial charge in [-0.15, -0.1) is 0 Å². The van der Waals surface area contributed by atoms with Crippen molar-refractivity contribution < 1.29 is 9.53 Å². The first-order valence-electron chi connectivity index (χ1n) is 5.23. The van der Waals surface area contributed by atoms with Gasteiger partial charge in [-0.05, 0) is 19.1 Å². The Labute approximate surface area is 104 Å². The van der Waals surface area contributed by atoms with Gasteiger partial charge in [0.25, 0.3) is 5.91 Å². The van der Waals surface area contributed by atoms with Crippen LogP contribution < -0.4 is 10.5 Å². The molecular formula is C13H12ClNO2. The summed E-state index contributed by atoms with van der Waals surface area (Å²) in [4.78, 5) is 11.0. The number of primary amides is 1. The molecule has 0 aliphatic carbocycles. The van der Waals surface area contributed by atoms with Crippen molar-refractivity contribution in [2.24, 2.45) is 5.73 Å². The Balaban J connectivity index is 2.48. The largest absolute Gasteiger partial charge is 0.480 e. The van der Waals surface area contributed by atoms with E-state index in [0.717, 1.165) is 10.8 Å². The summed E-state index contributed by atoms with van der Waals surface area (Å²) in [6.45, 7) is 1.62. The second kappa shape index (κ2) is 4.63. The summed E-state index contributed by atoms with van der Waals surface area (Å²) in [5.74, 6) is 0.111. The summed E-state index contributed by atoms with van der Waals surface area (Å²) in [6, 6.07) is 11.1. The smallest absolute Gasteiger partial charge is 0.258 e. The maximum atomic E-state index is 11.0. The standard InChI is InChI=1S/C13H12ClNO2/c1-8(13(15)16)17-12-7-6-11(14)9-4-2-3-5-10(9)12/h2-8H,1H3,(H2,15,16). The number of halogens is 1. The molecule has 3 nitrogen and oxygen atoms in total. The molecule has 0 aromatic heterocycles. The van der Waals surface area contributed by atoms with Crippen molar-refractivity contribution in [3.63, 3.8) is 0 Å². The number of hydrogen-bond acceptors (Lipinski definition) is 2. The number of hydrogen-bond donors (Lipinski definition) is 1. The van der Waals surface area contributed by atoms with Gasteiger partial charge in [-0.2, -0.15) is 0 Å². The number of rotatable bonds is 3. The van der Waals surface area contributed by atoms with Gasteiger partial charge < -0.3 is 10.5 Å². The minimum atomic E-state index is -0.667. The van der Waals surface area contributed by atoms with Crippen molar-refractivity contribution in [3.05, 3.63) is 41.4 Å². The van der Waals surface area contributed by atoms with Gasteiger partial charge in [-0.25, -0.2) is 0 Å². The normalized spacial score (nSPS) is 12.4. The second-order valence-electron chi connectivity index (χ2n) is 3.75. The molecule has 0 radical (unpaired) electrons. The van der Waals surface area contributed by atoms with Crippen LogP contribution in [0.25, 0.3) is 10.8 Å². The van der Waals surface area contributed by atoms with Crippen molar-refractivity contribution in [1.82, 2.24) is 0 Å². The molecule has 1 atom stereocenters. The molecule has 0 heterocycles. The number of carbonyl (C=O) groups is 1. The molecule has 88 valence electrons. The first kappa shape index (κ1) is 11.7. The van der Waals surface area contributed by atoms with E-state index in [4.69, 9.17) is 22.1 Å². The molecule has 1 amide bonds. The number of ether oxygens (including phenoxy) is 1. The van der Waals surface area contributed by atoms with Crippen LogP contribution in [0.5, 0.6) is 5.75 Å². The Kier molecular flexibility index (Phi) is 3.20. The molecule has 0 saturated carbocycles. The lowest BCUT2D eigenvalue weighted by atomic mass is 10.1. The quantitative estimate of drug-likeness (QED) is 0.909. The third-order valence-corrected chi connectivity index (χ3v) is 2.86. The lowest BCUT2D eigenvalue weighted by Gasteiger charge is -2.13. The van der Waals surface area contributed by atoms with Gasteiger partial charge in [0.1, 0.15) is 5.75 Å². The summed E-state index contributed by atoms with van der Waals surface area (Å²) in [7, 11) is 0. The summed E-state index contributed by atoms with van der Waals surface area (Å²) in [5, 5.41) is 2.41. The van der Waals surface area contributed by atoms with E-state index in [1.54, 1.807) is 19.1 Å². The average molecular weight is 250 g/mol. The zero-order valence-corrected chi connectivity index (χ0v) is 10.1. The van der Waals surface area contributed by atoms with Crippen molar-refractivity contribution >= 4 is 28.3 Å². The highest BCUT2D eigenvalue weighted by Crippen LogP contribution is 2.31. The SMILES string of the molecule is CC(Oc1ccc(Cl)c2ccccc12)C(N)=O. The summed E-state index contributed by atoms with van der Waals surface area (Å²) >= 11 is 6.08. The van der Waals surface area contributed by atoms with Crippen LogP contribution >= 0.6 is 11.6 Å². The predicted octanol–water partition coefficient (Wildman–Crippen LogP) is 2.75. The fourth-order valence-corrected chi connectivity index (χ4v) is 1.81. The van der Waals surface area contributed by atoms with E-state index in [1.807, 2.05) is 24.3 Å². The minimum absolute atomic E-state index is 0.496. The first-order valence-corrected chi connectivity index (χ1v) is 5.60. The van der Waals surface area contributed by atoms with Crippen LogP contribution in [-0.2, 0) is 4.79 Å². The van der Waals surface area contributed by atoms with Crippen LogP contribution in [0.4, 0.5) is 0 Å². The lowest BCUT2D eigenvalue weighted by molar-refractivity contribution is -0.123. The Morgan fingerprint density at radius 1 is 1.24 bits per heavy atom. The third kappa shape index (κ3) is 2.34. The molecule has 0 aliphatic rings. The van der Waals surface area contributed by atoms with Gasteiger partial charge in [0.15, 0.2) is 6.10 Å². The summed E-state index contributed by atoms with van der Waals surface area (Å²) in [6.07, 6.45) is -0.667. The second-order valence-corrected chi connectivity index (χ2v) is 4.16. The topological polar surface area (TPSA) is 52.3 Å². The van der Waals surface area contributed by atoms with E-state index < -0.39 is 12.0 Å². The molecule has 0 bridgehead atoms. The van der Waals surface area contributed by atoms with Crippen molar-refractivity contribution in [2.45, 2.75) is 13.0 Å². The third-order valence-electron chi connectivity index (χ3n) is 2.54. The molecule has 2 aromatic carbocycles. The summed E-state index contributed by atoms with van der Waals surface area (Å²) < 4.78 is 5.51. The fraction of sp³-hybridized carbons (Fsp3) is 0.154. The number of amides is 1. The van der Waals surface area contributed by atoms with Crippen LogP contribution in [-0.4, -0.2) is 12.0 Å². The highest BCUT2D eigenvalue weighted by molar-refractivity contribution is 6.35. The van der Waals surface area contributed by atoms with Gasteiger partial charge in [-0.3, -0.25) is 4.79 Å². The Bertz CT molecular complexity index is 568. The van der Waals surface area contributed by atoms with Gasteiger partial charge >= 0.3 is 0 Å². The van der Waals surface area contributed by atoms with Gasteiger partial charge in [0.05, 0.1) is 0 Å². The molecule has 0 fully saturated rings. The van der Waals surface area contributed by atoms with Crippen molar-refractivity contribution in [2.75, 3.05) is 0 Å². The van der Waals surface area contributed by atoms with Crippen LogP contribution in [0, 0.1) is 0 Å². The molecule has 0 saturated heterocycles. The molecular weight excluding hydrogens is 238 g/mol. The van der Waals surface area contributed by atoms with E-state index >= 15 is 0 Å². The summed E-state index contributed by atoms with van der Waals surface area (Å²) in [5.41, 5.74) is 5.17. The lowest BCUT2D eigenvalue weighted by Crippen LogP contribution is -2.30. The fourth-order valence-electron chi connectivity index (χ4n) is 1.59. The molecule has 2 rings (SSSR count). The molecule has 0 spiro atoms. The van der Waals surface area contributed by atoms with Gasteiger partial charge in [0, 0.05) is 15.8 Å². The zero-order valence-electron chi connectivity index (χ0n) is 9.31. The van der Waals surface area contributed by atoms with Crippen LogP contribution in [0.2, 0.25) is 5.02 Å². The minimum Gasteiger partial charge on any atom is -0.480 e. The van der Waals surface area contributed by atoms with E-state index in [1.165, 1.54) is 0 Å². The van der Waals surface area contributed by atoms with E-state index in [0.29, 0.717) is 10.8 Å². The Morgan fingerprint density at radius 3 is 2.53 bits per heavy atom. The predicted molar refractivity (Wildman–Crippen MR) is 68.2 cm³/mol. The molecule has 2 aromatic rings. The molecule has 17 heavy (non-hydrogen) atoms. The monoisotopic (exact) mass is 249 g/mol. The van der Waals surface area contributed by atoms with Gasteiger partial charge in [-0.1, -0.05) is 35.9 Å². The van der Waals surface area contributed by atoms with Gasteiger partial charge in [0.2, 0.25) is 0 Å². The number of benzene rings is 2. The maximum Gasteiger partial charge on any atom is 0.258 e. The van der Waals surface area contributed by atoms with E-state index in [-0.39, 0.29) is 0 Å².